The van der Waals surface area contributed by atoms with E-state index in [2.05, 4.69) is 77.1 Å². The maximum atomic E-state index is 5.45. The molecule has 4 heteroatoms. The van der Waals surface area contributed by atoms with Gasteiger partial charge in [0.15, 0.2) is 4.77 Å². The number of aromatic nitrogens is 3. The smallest absolute Gasteiger partial charge is 0.199 e. The second-order valence-electron chi connectivity index (χ2n) is 6.42. The van der Waals surface area contributed by atoms with Gasteiger partial charge in [-0.15, -0.1) is 0 Å². The molecule has 1 aliphatic rings. The van der Waals surface area contributed by atoms with E-state index in [0.29, 0.717) is 16.6 Å². The molecule has 0 aliphatic heterocycles. The minimum Gasteiger partial charge on any atom is -0.272 e. The molecule has 1 N–H and O–H groups in total. The predicted molar refractivity (Wildman–Crippen MR) is 94.8 cm³/mol. The van der Waals surface area contributed by atoms with E-state index < -0.39 is 0 Å². The standard InChI is InChI=1S/C19H19N3S/c1-12-3-7-14(8-4-12)16-11-17(16)18-20-21-19(23)22(18)15-9-5-13(2)6-10-15/h3-10,16-17H,11H2,1-2H3,(H,21,23)/t16-,17+/m0/s1. The molecule has 1 saturated carbocycles. The lowest BCUT2D eigenvalue weighted by Gasteiger charge is -2.07. The molecule has 2 atom stereocenters. The van der Waals surface area contributed by atoms with Crippen molar-refractivity contribution in [3.8, 4) is 5.69 Å². The summed E-state index contributed by atoms with van der Waals surface area (Å²) < 4.78 is 2.74. The van der Waals surface area contributed by atoms with E-state index in [1.165, 1.54) is 16.7 Å². The van der Waals surface area contributed by atoms with Gasteiger partial charge >= 0.3 is 0 Å². The summed E-state index contributed by atoms with van der Waals surface area (Å²) in [5.41, 5.74) is 5.02. The zero-order valence-corrected chi connectivity index (χ0v) is 14.1. The highest BCUT2D eigenvalue weighted by Crippen LogP contribution is 2.54. The number of nitrogens with one attached hydrogen (secondary N) is 1. The van der Waals surface area contributed by atoms with Gasteiger partial charge in [-0.3, -0.25) is 9.67 Å². The normalized spacial score (nSPS) is 19.7. The molecule has 0 saturated heterocycles. The molecule has 23 heavy (non-hydrogen) atoms. The van der Waals surface area contributed by atoms with Crippen LogP contribution in [0.25, 0.3) is 5.69 Å². The van der Waals surface area contributed by atoms with Gasteiger partial charge in [-0.05, 0) is 56.1 Å². The molecule has 3 nitrogen and oxygen atoms in total. The summed E-state index contributed by atoms with van der Waals surface area (Å²) in [5.74, 6) is 2.03. The van der Waals surface area contributed by atoms with Crippen LogP contribution in [0.1, 0.15) is 40.8 Å². The fraction of sp³-hybridized carbons (Fsp3) is 0.263. The molecule has 2 aromatic carbocycles. The summed E-state index contributed by atoms with van der Waals surface area (Å²) in [6.07, 6.45) is 1.13. The van der Waals surface area contributed by atoms with Crippen LogP contribution < -0.4 is 0 Å². The minimum atomic E-state index is 0.437. The van der Waals surface area contributed by atoms with Crippen LogP contribution in [0, 0.1) is 18.6 Å². The molecule has 4 rings (SSSR count). The fourth-order valence-electron chi connectivity index (χ4n) is 3.16. The lowest BCUT2D eigenvalue weighted by atomic mass is 10.1. The molecule has 0 unspecified atom stereocenters. The zero-order chi connectivity index (χ0) is 16.0. The highest BCUT2D eigenvalue weighted by atomic mass is 32.1. The second kappa shape index (κ2) is 5.46. The molecular weight excluding hydrogens is 302 g/mol. The number of hydrogen-bond donors (Lipinski definition) is 1. The average Bonchev–Trinajstić information content (AvgIpc) is 3.25. The highest BCUT2D eigenvalue weighted by molar-refractivity contribution is 7.71. The Morgan fingerprint density at radius 3 is 2.22 bits per heavy atom. The molecule has 1 heterocycles. The predicted octanol–water partition coefficient (Wildman–Crippen LogP) is 4.82. The molecule has 1 fully saturated rings. The third-order valence-electron chi connectivity index (χ3n) is 4.62. The van der Waals surface area contributed by atoms with Crippen LogP contribution in [0.15, 0.2) is 48.5 Å². The van der Waals surface area contributed by atoms with Crippen LogP contribution in [0.2, 0.25) is 0 Å². The summed E-state index contributed by atoms with van der Waals surface area (Å²) >= 11 is 5.45. The summed E-state index contributed by atoms with van der Waals surface area (Å²) in [6.45, 7) is 4.21. The van der Waals surface area contributed by atoms with Crippen molar-refractivity contribution in [3.63, 3.8) is 0 Å². The van der Waals surface area contributed by atoms with Gasteiger partial charge in [0, 0.05) is 11.6 Å². The van der Waals surface area contributed by atoms with Crippen molar-refractivity contribution in [1.29, 1.82) is 0 Å². The zero-order valence-electron chi connectivity index (χ0n) is 13.3. The first-order chi connectivity index (χ1) is 11.1. The molecule has 0 spiro atoms. The lowest BCUT2D eigenvalue weighted by Crippen LogP contribution is -2.01. The fourth-order valence-corrected chi connectivity index (χ4v) is 3.41. The molecule has 0 radical (unpaired) electrons. The Hall–Kier alpha value is -2.20. The van der Waals surface area contributed by atoms with Crippen LogP contribution >= 0.6 is 12.2 Å². The number of H-pyrrole nitrogens is 1. The van der Waals surface area contributed by atoms with Gasteiger partial charge in [-0.25, -0.2) is 0 Å². The molecule has 3 aromatic rings. The van der Waals surface area contributed by atoms with E-state index >= 15 is 0 Å². The summed E-state index contributed by atoms with van der Waals surface area (Å²) in [7, 11) is 0. The van der Waals surface area contributed by atoms with Gasteiger partial charge in [0.05, 0.1) is 0 Å². The number of aryl methyl sites for hydroxylation is 2. The first kappa shape index (κ1) is 14.4. The van der Waals surface area contributed by atoms with Crippen molar-refractivity contribution in [2.75, 3.05) is 0 Å². The van der Waals surface area contributed by atoms with E-state index in [-0.39, 0.29) is 0 Å². The Balaban J connectivity index is 1.68. The van der Waals surface area contributed by atoms with E-state index in [9.17, 15) is 0 Å². The number of hydrogen-bond acceptors (Lipinski definition) is 2. The third-order valence-corrected chi connectivity index (χ3v) is 4.89. The lowest BCUT2D eigenvalue weighted by molar-refractivity contribution is 0.846. The summed E-state index contributed by atoms with van der Waals surface area (Å²) in [5, 5.41) is 7.48. The van der Waals surface area contributed by atoms with Gasteiger partial charge in [0.1, 0.15) is 5.82 Å². The first-order valence-electron chi connectivity index (χ1n) is 7.94. The quantitative estimate of drug-likeness (QED) is 0.702. The van der Waals surface area contributed by atoms with Gasteiger partial charge in [-0.1, -0.05) is 47.5 Å². The molecule has 116 valence electrons. The van der Waals surface area contributed by atoms with Crippen molar-refractivity contribution in [3.05, 3.63) is 75.8 Å². The van der Waals surface area contributed by atoms with Crippen molar-refractivity contribution in [2.24, 2.45) is 0 Å². The van der Waals surface area contributed by atoms with Crippen LogP contribution in [-0.2, 0) is 0 Å². The Kier molecular flexibility index (Phi) is 3.42. The van der Waals surface area contributed by atoms with Crippen molar-refractivity contribution >= 4 is 12.2 Å². The molecule has 1 aromatic heterocycles. The number of nitrogens with zero attached hydrogens (tertiary/aromatic N) is 2. The number of benzene rings is 2. The van der Waals surface area contributed by atoms with E-state index in [4.69, 9.17) is 12.2 Å². The molecule has 0 amide bonds. The monoisotopic (exact) mass is 321 g/mol. The van der Waals surface area contributed by atoms with Crippen molar-refractivity contribution < 1.29 is 0 Å². The SMILES string of the molecule is Cc1ccc([C@@H]2C[C@H]2c2n[nH]c(=S)n2-c2ccc(C)cc2)cc1. The summed E-state index contributed by atoms with van der Waals surface area (Å²) in [6, 6.07) is 17.3. The molecular formula is C19H19N3S. The first-order valence-corrected chi connectivity index (χ1v) is 8.35. The van der Waals surface area contributed by atoms with Crippen LogP contribution in [0.5, 0.6) is 0 Å². The van der Waals surface area contributed by atoms with E-state index in [1.54, 1.807) is 0 Å². The van der Waals surface area contributed by atoms with Crippen molar-refractivity contribution in [1.82, 2.24) is 14.8 Å². The highest BCUT2D eigenvalue weighted by Gasteiger charge is 2.43. The van der Waals surface area contributed by atoms with Gasteiger partial charge in [-0.2, -0.15) is 5.10 Å². The Bertz CT molecular complexity index is 888. The van der Waals surface area contributed by atoms with Crippen LogP contribution in [-0.4, -0.2) is 14.8 Å². The summed E-state index contributed by atoms with van der Waals surface area (Å²) in [4.78, 5) is 0. The topological polar surface area (TPSA) is 33.6 Å². The maximum Gasteiger partial charge on any atom is 0.199 e. The third kappa shape index (κ3) is 2.63. The number of rotatable bonds is 3. The van der Waals surface area contributed by atoms with Crippen molar-refractivity contribution in [2.45, 2.75) is 32.1 Å². The van der Waals surface area contributed by atoms with E-state index in [1.807, 2.05) is 0 Å². The Morgan fingerprint density at radius 1 is 0.957 bits per heavy atom. The van der Waals surface area contributed by atoms with E-state index in [0.717, 1.165) is 17.9 Å². The molecule has 1 aliphatic carbocycles. The molecule has 0 bridgehead atoms. The number of aromatic amines is 1. The Morgan fingerprint density at radius 2 is 1.57 bits per heavy atom. The van der Waals surface area contributed by atoms with Crippen LogP contribution in [0.3, 0.4) is 0 Å². The largest absolute Gasteiger partial charge is 0.272 e. The second-order valence-corrected chi connectivity index (χ2v) is 6.80. The minimum absolute atomic E-state index is 0.437. The van der Waals surface area contributed by atoms with Gasteiger partial charge in [0.2, 0.25) is 0 Å². The van der Waals surface area contributed by atoms with Gasteiger partial charge < -0.3 is 0 Å². The van der Waals surface area contributed by atoms with Crippen LogP contribution in [0.4, 0.5) is 0 Å². The van der Waals surface area contributed by atoms with Gasteiger partial charge in [0.25, 0.3) is 0 Å². The average molecular weight is 321 g/mol. The maximum absolute atomic E-state index is 5.45. The Labute approximate surface area is 141 Å².